The van der Waals surface area contributed by atoms with Crippen LogP contribution in [0.4, 0.5) is 0 Å². The van der Waals surface area contributed by atoms with Crippen molar-refractivity contribution in [3.8, 4) is 0 Å². The van der Waals surface area contributed by atoms with E-state index in [0.717, 1.165) is 0 Å². The lowest BCUT2D eigenvalue weighted by molar-refractivity contribution is 0.334. The van der Waals surface area contributed by atoms with Crippen molar-refractivity contribution in [2.24, 2.45) is 0 Å². The van der Waals surface area contributed by atoms with E-state index in [2.05, 4.69) is 54.8 Å². The zero-order valence-corrected chi connectivity index (χ0v) is 11.7. The molecule has 2 unspecified atom stereocenters. The molecular weight excluding hydrogens is 220 g/mol. The van der Waals surface area contributed by atoms with Crippen LogP contribution < -0.4 is 10.6 Å². The lowest BCUT2D eigenvalue weighted by atomic mass is 9.98. The zero-order valence-electron chi connectivity index (χ0n) is 11.7. The number of nitrogens with one attached hydrogen (secondary N) is 2. The molecule has 3 atom stereocenters. The summed E-state index contributed by atoms with van der Waals surface area (Å²) in [5.41, 5.74) is 1.38. The highest BCUT2D eigenvalue weighted by Crippen LogP contribution is 2.16. The van der Waals surface area contributed by atoms with Crippen LogP contribution in [-0.2, 0) is 0 Å². The van der Waals surface area contributed by atoms with Crippen molar-refractivity contribution in [3.63, 3.8) is 0 Å². The van der Waals surface area contributed by atoms with Gasteiger partial charge in [-0.2, -0.15) is 0 Å². The first-order valence-electron chi connectivity index (χ1n) is 7.30. The first-order chi connectivity index (χ1) is 8.75. The van der Waals surface area contributed by atoms with Crippen molar-refractivity contribution in [1.29, 1.82) is 0 Å². The number of piperidine rings is 1. The summed E-state index contributed by atoms with van der Waals surface area (Å²) >= 11 is 0. The Hall–Kier alpha value is -0.860. The predicted molar refractivity (Wildman–Crippen MR) is 77.7 cm³/mol. The first kappa shape index (κ1) is 13.6. The molecule has 2 nitrogen and oxygen atoms in total. The van der Waals surface area contributed by atoms with Crippen LogP contribution >= 0.6 is 0 Å². The van der Waals surface area contributed by atoms with Gasteiger partial charge in [0, 0.05) is 18.1 Å². The number of hydrogen-bond donors (Lipinski definition) is 2. The standard InChI is InChI=1S/C16H26N2/c1-13(12-16-10-6-7-11-17-16)18-14(2)15-8-4-3-5-9-15/h3-5,8-9,13-14,16-18H,6-7,10-12H2,1-2H3/t13?,14-,16?/m0/s1. The van der Waals surface area contributed by atoms with Gasteiger partial charge in [0.25, 0.3) is 0 Å². The second kappa shape index (κ2) is 6.91. The van der Waals surface area contributed by atoms with Crippen LogP contribution in [-0.4, -0.2) is 18.6 Å². The van der Waals surface area contributed by atoms with Crippen molar-refractivity contribution in [1.82, 2.24) is 10.6 Å². The Kier molecular flexibility index (Phi) is 5.21. The molecule has 100 valence electrons. The van der Waals surface area contributed by atoms with Gasteiger partial charge in [0.05, 0.1) is 0 Å². The zero-order chi connectivity index (χ0) is 12.8. The van der Waals surface area contributed by atoms with Crippen LogP contribution in [0, 0.1) is 0 Å². The SMILES string of the molecule is CC(CC1CCCCN1)N[C@@H](C)c1ccccc1. The Morgan fingerprint density at radius 2 is 2.00 bits per heavy atom. The van der Waals surface area contributed by atoms with E-state index >= 15 is 0 Å². The van der Waals surface area contributed by atoms with Gasteiger partial charge >= 0.3 is 0 Å². The van der Waals surface area contributed by atoms with Gasteiger partial charge in [-0.1, -0.05) is 36.8 Å². The molecule has 2 N–H and O–H groups in total. The average Bonchev–Trinajstić information content (AvgIpc) is 2.40. The van der Waals surface area contributed by atoms with Gasteiger partial charge in [0.2, 0.25) is 0 Å². The number of benzene rings is 1. The maximum Gasteiger partial charge on any atom is 0.0294 e. The highest BCUT2D eigenvalue weighted by molar-refractivity contribution is 5.18. The van der Waals surface area contributed by atoms with Crippen LogP contribution in [0.3, 0.4) is 0 Å². The molecular formula is C16H26N2. The van der Waals surface area contributed by atoms with Crippen molar-refractivity contribution < 1.29 is 0 Å². The second-order valence-corrected chi connectivity index (χ2v) is 5.58. The molecule has 0 radical (unpaired) electrons. The molecule has 1 saturated heterocycles. The van der Waals surface area contributed by atoms with Crippen LogP contribution in [0.2, 0.25) is 0 Å². The quantitative estimate of drug-likeness (QED) is 0.833. The minimum Gasteiger partial charge on any atom is -0.314 e. The molecule has 18 heavy (non-hydrogen) atoms. The third-order valence-corrected chi connectivity index (χ3v) is 3.88. The van der Waals surface area contributed by atoms with Crippen molar-refractivity contribution in [3.05, 3.63) is 35.9 Å². The minimum atomic E-state index is 0.435. The van der Waals surface area contributed by atoms with E-state index in [1.165, 1.54) is 37.8 Å². The van der Waals surface area contributed by atoms with Gasteiger partial charge < -0.3 is 10.6 Å². The van der Waals surface area contributed by atoms with Gasteiger partial charge in [-0.15, -0.1) is 0 Å². The normalized spacial score (nSPS) is 23.6. The predicted octanol–water partition coefficient (Wildman–Crippen LogP) is 3.26. The third kappa shape index (κ3) is 4.11. The fraction of sp³-hybridized carbons (Fsp3) is 0.625. The monoisotopic (exact) mass is 246 g/mol. The Balaban J connectivity index is 1.78. The van der Waals surface area contributed by atoms with Gasteiger partial charge in [-0.3, -0.25) is 0 Å². The molecule has 0 spiro atoms. The molecule has 0 bridgehead atoms. The summed E-state index contributed by atoms with van der Waals surface area (Å²) in [6.45, 7) is 5.75. The topological polar surface area (TPSA) is 24.1 Å². The molecule has 0 amide bonds. The van der Waals surface area contributed by atoms with Gasteiger partial charge in [0.1, 0.15) is 0 Å². The van der Waals surface area contributed by atoms with Gasteiger partial charge in [-0.05, 0) is 45.2 Å². The molecule has 1 aromatic carbocycles. The van der Waals surface area contributed by atoms with Crippen molar-refractivity contribution in [2.75, 3.05) is 6.54 Å². The molecule has 0 aliphatic carbocycles. The van der Waals surface area contributed by atoms with Gasteiger partial charge in [0.15, 0.2) is 0 Å². The Labute approximate surface area is 111 Å². The van der Waals surface area contributed by atoms with E-state index in [-0.39, 0.29) is 0 Å². The molecule has 1 aromatic rings. The smallest absolute Gasteiger partial charge is 0.0294 e. The average molecular weight is 246 g/mol. The molecule has 1 aliphatic rings. The van der Waals surface area contributed by atoms with E-state index in [9.17, 15) is 0 Å². The fourth-order valence-electron chi connectivity index (χ4n) is 2.88. The molecule has 1 heterocycles. The third-order valence-electron chi connectivity index (χ3n) is 3.88. The minimum absolute atomic E-state index is 0.435. The molecule has 2 heteroatoms. The largest absolute Gasteiger partial charge is 0.314 e. The maximum absolute atomic E-state index is 3.70. The Bertz CT molecular complexity index is 330. The van der Waals surface area contributed by atoms with E-state index < -0.39 is 0 Å². The van der Waals surface area contributed by atoms with Crippen LogP contribution in [0.5, 0.6) is 0 Å². The van der Waals surface area contributed by atoms with E-state index in [1.807, 2.05) is 0 Å². The lowest BCUT2D eigenvalue weighted by Gasteiger charge is -2.28. The van der Waals surface area contributed by atoms with Gasteiger partial charge in [-0.25, -0.2) is 0 Å². The highest BCUT2D eigenvalue weighted by Gasteiger charge is 2.17. The summed E-state index contributed by atoms with van der Waals surface area (Å²) in [7, 11) is 0. The molecule has 1 aliphatic heterocycles. The van der Waals surface area contributed by atoms with Crippen molar-refractivity contribution >= 4 is 0 Å². The summed E-state index contributed by atoms with van der Waals surface area (Å²) in [5, 5.41) is 7.33. The Morgan fingerprint density at radius 3 is 2.67 bits per heavy atom. The maximum atomic E-state index is 3.70. The highest BCUT2D eigenvalue weighted by atomic mass is 15.0. The van der Waals surface area contributed by atoms with E-state index in [4.69, 9.17) is 0 Å². The summed E-state index contributed by atoms with van der Waals surface area (Å²) in [5.74, 6) is 0. The van der Waals surface area contributed by atoms with Crippen LogP contribution in [0.15, 0.2) is 30.3 Å². The van der Waals surface area contributed by atoms with E-state index in [1.54, 1.807) is 0 Å². The van der Waals surface area contributed by atoms with E-state index in [0.29, 0.717) is 18.1 Å². The first-order valence-corrected chi connectivity index (χ1v) is 7.30. The van der Waals surface area contributed by atoms with Crippen LogP contribution in [0.25, 0.3) is 0 Å². The molecule has 1 fully saturated rings. The second-order valence-electron chi connectivity index (χ2n) is 5.58. The Morgan fingerprint density at radius 1 is 1.22 bits per heavy atom. The summed E-state index contributed by atoms with van der Waals surface area (Å²) in [6, 6.07) is 12.4. The molecule has 0 aromatic heterocycles. The summed E-state index contributed by atoms with van der Waals surface area (Å²) in [6.07, 6.45) is 5.31. The number of hydrogen-bond acceptors (Lipinski definition) is 2. The molecule has 2 rings (SSSR count). The summed E-state index contributed by atoms with van der Waals surface area (Å²) in [4.78, 5) is 0. The van der Waals surface area contributed by atoms with Crippen molar-refractivity contribution in [2.45, 2.75) is 57.7 Å². The summed E-state index contributed by atoms with van der Waals surface area (Å²) < 4.78 is 0. The fourth-order valence-corrected chi connectivity index (χ4v) is 2.88. The molecule has 0 saturated carbocycles. The number of rotatable bonds is 5. The lowest BCUT2D eigenvalue weighted by Crippen LogP contribution is -2.40. The van der Waals surface area contributed by atoms with Crippen LogP contribution in [0.1, 0.15) is 51.1 Å².